The lowest BCUT2D eigenvalue weighted by Crippen LogP contribution is -2.44. The molecule has 0 spiro atoms. The summed E-state index contributed by atoms with van der Waals surface area (Å²) in [5.41, 5.74) is 1.13. The van der Waals surface area contributed by atoms with Gasteiger partial charge in [-0.25, -0.2) is 0 Å². The topological polar surface area (TPSA) is 83.6 Å². The molecule has 2 aliphatic heterocycles. The second-order valence-electron chi connectivity index (χ2n) is 5.60. The Bertz CT molecular complexity index is 731. The van der Waals surface area contributed by atoms with E-state index in [1.54, 1.807) is 0 Å². The van der Waals surface area contributed by atoms with Gasteiger partial charge in [0.05, 0.1) is 24.3 Å². The molecule has 7 heteroatoms. The van der Waals surface area contributed by atoms with Crippen LogP contribution in [0.5, 0.6) is 0 Å². The lowest BCUT2D eigenvalue weighted by molar-refractivity contribution is 0.0178. The summed E-state index contributed by atoms with van der Waals surface area (Å²) >= 11 is 6.28. The summed E-state index contributed by atoms with van der Waals surface area (Å²) in [6.45, 7) is 0.546. The second-order valence-corrected chi connectivity index (χ2v) is 5.98. The van der Waals surface area contributed by atoms with Crippen LogP contribution in [0.25, 0.3) is 10.9 Å². The molecule has 0 radical (unpaired) electrons. The summed E-state index contributed by atoms with van der Waals surface area (Å²) in [6, 6.07) is 7.17. The van der Waals surface area contributed by atoms with Crippen molar-refractivity contribution in [1.82, 2.24) is 10.3 Å². The van der Waals surface area contributed by atoms with Gasteiger partial charge in [0.15, 0.2) is 0 Å². The number of H-pyrrole nitrogens is 1. The number of nitrogens with one attached hydrogen (secondary N) is 2. The Labute approximate surface area is 131 Å². The number of ether oxygens (including phenoxy) is 2. The molecule has 3 N–H and O–H groups in total. The average molecular weight is 323 g/mol. The van der Waals surface area contributed by atoms with E-state index in [2.05, 4.69) is 10.3 Å². The van der Waals surface area contributed by atoms with Crippen LogP contribution < -0.4 is 5.32 Å². The molecule has 6 nitrogen and oxygen atoms in total. The van der Waals surface area contributed by atoms with E-state index in [-0.39, 0.29) is 30.8 Å². The van der Waals surface area contributed by atoms with Gasteiger partial charge in [0, 0.05) is 10.9 Å². The predicted molar refractivity (Wildman–Crippen MR) is 80.0 cm³/mol. The molecule has 0 bridgehead atoms. The van der Waals surface area contributed by atoms with E-state index in [0.29, 0.717) is 17.3 Å². The maximum atomic E-state index is 12.5. The largest absolute Gasteiger partial charge is 0.388 e. The Kier molecular flexibility index (Phi) is 3.34. The van der Waals surface area contributed by atoms with Crippen LogP contribution in [0.4, 0.5) is 0 Å². The van der Waals surface area contributed by atoms with Crippen molar-refractivity contribution < 1.29 is 19.4 Å². The zero-order chi connectivity index (χ0) is 15.3. The highest BCUT2D eigenvalue weighted by Gasteiger charge is 2.47. The number of benzene rings is 1. The molecule has 2 saturated heterocycles. The van der Waals surface area contributed by atoms with Gasteiger partial charge in [-0.1, -0.05) is 29.8 Å². The third-order valence-electron chi connectivity index (χ3n) is 4.21. The summed E-state index contributed by atoms with van der Waals surface area (Å²) in [5, 5.41) is 13.8. The Morgan fingerprint density at radius 2 is 2.05 bits per heavy atom. The fraction of sp³-hybridized carbons (Fsp3) is 0.400. The normalized spacial score (nSPS) is 30.6. The zero-order valence-corrected chi connectivity index (χ0v) is 12.3. The van der Waals surface area contributed by atoms with Crippen molar-refractivity contribution in [1.29, 1.82) is 0 Å². The van der Waals surface area contributed by atoms with Gasteiger partial charge < -0.3 is 24.9 Å². The number of aliphatic hydroxyl groups is 1. The molecule has 4 atom stereocenters. The van der Waals surface area contributed by atoms with E-state index in [1.165, 1.54) is 0 Å². The van der Waals surface area contributed by atoms with Crippen molar-refractivity contribution in [3.63, 3.8) is 0 Å². The fourth-order valence-corrected chi connectivity index (χ4v) is 3.41. The molecule has 0 unspecified atom stereocenters. The molecule has 2 aromatic rings. The minimum atomic E-state index is -0.636. The SMILES string of the molecule is O=C(N[C@H]1CO[C@H]2[C@@H]1OC[C@@H]2O)c1[nH]c2ccccc2c1Cl. The lowest BCUT2D eigenvalue weighted by atomic mass is 10.1. The van der Waals surface area contributed by atoms with Gasteiger partial charge in [-0.15, -0.1) is 0 Å². The van der Waals surface area contributed by atoms with Crippen molar-refractivity contribution in [3.8, 4) is 0 Å². The number of carbonyl (C=O) groups is 1. The van der Waals surface area contributed by atoms with Gasteiger partial charge >= 0.3 is 0 Å². The highest BCUT2D eigenvalue weighted by atomic mass is 35.5. The third kappa shape index (κ3) is 2.11. The van der Waals surface area contributed by atoms with Gasteiger partial charge in [0.25, 0.3) is 5.91 Å². The minimum Gasteiger partial charge on any atom is -0.388 e. The van der Waals surface area contributed by atoms with Crippen molar-refractivity contribution in [3.05, 3.63) is 35.0 Å². The molecule has 0 aliphatic carbocycles. The van der Waals surface area contributed by atoms with Crippen LogP contribution >= 0.6 is 11.6 Å². The zero-order valence-electron chi connectivity index (χ0n) is 11.6. The standard InChI is InChI=1S/C15H15ClN2O4/c16-11-7-3-1-2-4-8(7)17-12(11)15(20)18-9-5-21-14-10(19)6-22-13(9)14/h1-4,9-10,13-14,17,19H,5-6H2,(H,18,20)/t9-,10-,13+,14+/m0/s1. The Morgan fingerprint density at radius 1 is 1.27 bits per heavy atom. The van der Waals surface area contributed by atoms with Gasteiger partial charge in [-0.05, 0) is 6.07 Å². The Hall–Kier alpha value is -1.60. The molecule has 3 heterocycles. The van der Waals surface area contributed by atoms with E-state index in [4.69, 9.17) is 21.1 Å². The Balaban J connectivity index is 1.56. The van der Waals surface area contributed by atoms with Crippen LogP contribution in [-0.4, -0.2) is 53.6 Å². The monoisotopic (exact) mass is 322 g/mol. The summed E-state index contributed by atoms with van der Waals surface area (Å²) in [5.74, 6) is -0.305. The summed E-state index contributed by atoms with van der Waals surface area (Å²) < 4.78 is 11.0. The molecule has 4 rings (SSSR count). The number of hydrogen-bond acceptors (Lipinski definition) is 4. The molecule has 116 valence electrons. The predicted octanol–water partition coefficient (Wildman–Crippen LogP) is 1.08. The van der Waals surface area contributed by atoms with Crippen LogP contribution in [0.1, 0.15) is 10.5 Å². The number of hydrogen-bond donors (Lipinski definition) is 3. The summed E-state index contributed by atoms with van der Waals surface area (Å²) in [6.07, 6.45) is -1.32. The van der Waals surface area contributed by atoms with Crippen molar-refractivity contribution in [2.45, 2.75) is 24.4 Å². The van der Waals surface area contributed by atoms with E-state index in [0.717, 1.165) is 10.9 Å². The molecule has 2 aliphatic rings. The molecule has 1 aromatic carbocycles. The van der Waals surface area contributed by atoms with Crippen LogP contribution in [0, 0.1) is 0 Å². The number of para-hydroxylation sites is 1. The molecule has 1 amide bonds. The number of fused-ring (bicyclic) bond motifs is 2. The number of aliphatic hydroxyl groups excluding tert-OH is 1. The third-order valence-corrected chi connectivity index (χ3v) is 4.61. The fourth-order valence-electron chi connectivity index (χ4n) is 3.11. The van der Waals surface area contributed by atoms with E-state index >= 15 is 0 Å². The molecular weight excluding hydrogens is 308 g/mol. The number of carbonyl (C=O) groups excluding carboxylic acids is 1. The molecular formula is C15H15ClN2O4. The first-order valence-corrected chi connectivity index (χ1v) is 7.51. The smallest absolute Gasteiger partial charge is 0.269 e. The van der Waals surface area contributed by atoms with Crippen molar-refractivity contribution >= 4 is 28.4 Å². The maximum Gasteiger partial charge on any atom is 0.269 e. The molecule has 1 aromatic heterocycles. The quantitative estimate of drug-likeness (QED) is 0.772. The van der Waals surface area contributed by atoms with E-state index in [1.807, 2.05) is 24.3 Å². The second kappa shape index (κ2) is 5.24. The average Bonchev–Trinajstić information content (AvgIpc) is 3.17. The van der Waals surface area contributed by atoms with Crippen molar-refractivity contribution in [2.24, 2.45) is 0 Å². The molecule has 2 fully saturated rings. The number of rotatable bonds is 2. The van der Waals surface area contributed by atoms with E-state index < -0.39 is 6.10 Å². The van der Waals surface area contributed by atoms with Crippen LogP contribution in [0.15, 0.2) is 24.3 Å². The highest BCUT2D eigenvalue weighted by Crippen LogP contribution is 2.29. The van der Waals surface area contributed by atoms with Crippen LogP contribution in [0.2, 0.25) is 5.02 Å². The van der Waals surface area contributed by atoms with Gasteiger partial charge in [-0.3, -0.25) is 4.79 Å². The summed E-state index contributed by atoms with van der Waals surface area (Å²) in [7, 11) is 0. The number of halogens is 1. The molecule has 0 saturated carbocycles. The van der Waals surface area contributed by atoms with E-state index in [9.17, 15) is 9.90 Å². The van der Waals surface area contributed by atoms with Crippen molar-refractivity contribution in [2.75, 3.05) is 13.2 Å². The number of amides is 1. The van der Waals surface area contributed by atoms with Gasteiger partial charge in [-0.2, -0.15) is 0 Å². The Morgan fingerprint density at radius 3 is 2.86 bits per heavy atom. The lowest BCUT2D eigenvalue weighted by Gasteiger charge is -2.17. The molecule has 22 heavy (non-hydrogen) atoms. The number of aromatic amines is 1. The number of aromatic nitrogens is 1. The first-order chi connectivity index (χ1) is 10.6. The van der Waals surface area contributed by atoms with Gasteiger partial charge in [0.1, 0.15) is 24.0 Å². The van der Waals surface area contributed by atoms with Crippen LogP contribution in [-0.2, 0) is 9.47 Å². The highest BCUT2D eigenvalue weighted by molar-refractivity contribution is 6.38. The minimum absolute atomic E-state index is 0.231. The first kappa shape index (κ1) is 14.0. The first-order valence-electron chi connectivity index (χ1n) is 7.13. The van der Waals surface area contributed by atoms with Crippen LogP contribution in [0.3, 0.4) is 0 Å². The summed E-state index contributed by atoms with van der Waals surface area (Å²) in [4.78, 5) is 15.5. The maximum absolute atomic E-state index is 12.5. The van der Waals surface area contributed by atoms with Gasteiger partial charge in [0.2, 0.25) is 0 Å².